The maximum atomic E-state index is 10.8. The van der Waals surface area contributed by atoms with Gasteiger partial charge in [0.2, 0.25) is 34.7 Å². The number of amidine groups is 2. The zero-order valence-corrected chi connectivity index (χ0v) is 95.5. The standard InChI is InChI=1S/C9H16N2.C8H18O.C8H16O.2C7H16N2.2C7H15NO.C6H10N2.C5H9N3.2C5H5NO.3C4H8N4.2C4H9NO.2C4H10/c1-6(2)8-5-10-9(11-8)7(3)4;2*1-6(2)5-8(9)7(3)4;2*1-5(2)7(8)9-6(3)4;2*1-5(2)7(9)8-6(3)4;1-5(2)6-3-7-4-8-6;1-4(2)5-3-6-8-7-5;2*7-5-3-1-2-4-6-5;3*1-3(2)4-5-7-8-6-4;2*1-3(2)4(5)6;2*1-4(2)3/h5-7H,1-4H3,(H,10,11);6-9H,5H2,1-4H3;5-7,9H,1-4H3;2*5-6H,1-4H3,(H2,8,9);2*5-6H,1-4H3,(H,8,9);3-5H,1-2H3,(H,7,8);4H,3H2,1-2H3;2*1-4H,(H,6,7);3*3H,1-2H3,(H,5,6,7,8);2*3H,1-2H3,(H2,5,6);2*4H,1-3H3/b;;8-5-;;;;;;;;;;;;;;;. The topological polar surface area (TPSA) is 585 Å². The number of aromatic nitrogens is 18. The van der Waals surface area contributed by atoms with Crippen LogP contribution in [0.3, 0.4) is 0 Å². The van der Waals surface area contributed by atoms with Gasteiger partial charge in [-0.05, 0) is 133 Å². The number of aliphatic hydroxyl groups is 2. The number of rotatable bonds is 22. The van der Waals surface area contributed by atoms with Crippen LogP contribution in [0.25, 0.3) is 0 Å². The van der Waals surface area contributed by atoms with Crippen LogP contribution in [-0.4, -0.2) is 180 Å². The third kappa shape index (κ3) is 112. The van der Waals surface area contributed by atoms with E-state index in [1.54, 1.807) is 70.7 Å². The van der Waals surface area contributed by atoms with Gasteiger partial charge in [-0.2, -0.15) is 20.8 Å². The normalized spacial score (nSPS) is 11.4. The van der Waals surface area contributed by atoms with Gasteiger partial charge in [-0.25, -0.2) is 9.97 Å². The summed E-state index contributed by atoms with van der Waals surface area (Å²) in [7, 11) is 0. The average molecular weight is 1960 g/mol. The van der Waals surface area contributed by atoms with Crippen LogP contribution < -0.4 is 44.7 Å². The molecule has 1 aliphatic rings. The number of primary amides is 2. The smallest absolute Gasteiger partial charge is 0.247 e. The van der Waals surface area contributed by atoms with Crippen molar-refractivity contribution in [1.29, 1.82) is 0 Å². The molecule has 37 heteroatoms. The van der Waals surface area contributed by atoms with E-state index in [-0.39, 0.29) is 82.5 Å². The maximum Gasteiger partial charge on any atom is 0.247 e. The maximum absolute atomic E-state index is 10.8. The first kappa shape index (κ1) is 148. The number of hydrogen-bond donors (Lipinski definition) is 15. The third-order valence-corrected chi connectivity index (χ3v) is 15.7. The predicted octanol–water partition coefficient (Wildman–Crippen LogP) is 20.9. The fourth-order valence-corrected chi connectivity index (χ4v) is 7.13. The Hall–Kier alpha value is -10.9. The van der Waals surface area contributed by atoms with Gasteiger partial charge < -0.3 is 63.7 Å². The summed E-state index contributed by atoms with van der Waals surface area (Å²) >= 11 is 0. The van der Waals surface area contributed by atoms with E-state index in [9.17, 15) is 33.9 Å². The van der Waals surface area contributed by atoms with Crippen LogP contribution in [0.4, 0.5) is 0 Å². The Morgan fingerprint density at radius 1 is 0.432 bits per heavy atom. The molecule has 37 nitrogen and oxygen atoms in total. The number of aliphatic hydroxyl groups excluding tert-OH is 2. The SMILES string of the molecule is CC(C)/C=C(\O)C(C)C.CC(C)C.CC(C)C.CC(C)C(N)=O.CC(C)C(N)=O.CC(C)C1=NN=NC1.CC(C)CC(O)C(C)C.CC(C)N=C(N)C(C)C.CC(C)N=C(N)C(C)C.CC(C)NC(=O)C(C)C.CC(C)NC(=O)C(C)C.CC(C)c1cnc(C(C)C)[nH]1.CC(C)c1cnc[nH]1.CC(C)c1nn[nH]n1.CC(C)c1nn[nH]n1.CC(C)c1nn[nH]n1.O=c1cccc[nH]1.O=c1cccc[nH]1. The second-order valence-electron chi connectivity index (χ2n) is 40.3. The van der Waals surface area contributed by atoms with Crippen LogP contribution in [0.1, 0.15) is 409 Å². The first-order valence-corrected chi connectivity index (χ1v) is 49.3. The first-order valence-electron chi connectivity index (χ1n) is 49.3. The molecular formula is C102H203N29O8. The lowest BCUT2D eigenvalue weighted by molar-refractivity contribution is -0.125. The molecule has 1 aliphatic heterocycles. The molecule has 0 aromatic carbocycles. The van der Waals surface area contributed by atoms with Crippen LogP contribution in [0, 0.1) is 76.9 Å². The van der Waals surface area contributed by atoms with E-state index < -0.39 is 0 Å². The fraction of sp³-hybridized carbons (Fsp3) is 0.725. The van der Waals surface area contributed by atoms with Gasteiger partial charge >= 0.3 is 0 Å². The molecule has 19 N–H and O–H groups in total. The summed E-state index contributed by atoms with van der Waals surface area (Å²) in [4.78, 5) is 89.7. The zero-order valence-electron chi connectivity index (χ0n) is 95.5. The Morgan fingerprint density at radius 3 is 0.878 bits per heavy atom. The highest BCUT2D eigenvalue weighted by Gasteiger charge is 2.13. The molecular weight excluding hydrogens is 1760 g/mol. The van der Waals surface area contributed by atoms with Gasteiger partial charge in [0, 0.05) is 138 Å². The summed E-state index contributed by atoms with van der Waals surface area (Å²) in [5.41, 5.74) is 24.1. The quantitative estimate of drug-likeness (QED) is 0.0170. The molecule has 0 saturated heterocycles. The molecule has 804 valence electrons. The van der Waals surface area contributed by atoms with Crippen LogP contribution in [0.15, 0.2) is 114 Å². The van der Waals surface area contributed by atoms with Gasteiger partial charge in [0.15, 0.2) is 17.5 Å². The number of carbonyl (C=O) groups excluding carboxylic acids is 4. The Kier molecular flexibility index (Phi) is 98.4. The third-order valence-electron chi connectivity index (χ3n) is 15.7. The zero-order chi connectivity index (χ0) is 111. The lowest BCUT2D eigenvalue weighted by Gasteiger charge is -2.15. The summed E-state index contributed by atoms with van der Waals surface area (Å²) in [5, 5.41) is 75.1. The Labute approximate surface area is 839 Å². The van der Waals surface area contributed by atoms with Gasteiger partial charge in [0.05, 0.1) is 35.6 Å². The van der Waals surface area contributed by atoms with E-state index in [2.05, 4.69) is 252 Å². The van der Waals surface area contributed by atoms with E-state index in [1.807, 2.05) is 198 Å². The van der Waals surface area contributed by atoms with Crippen molar-refractivity contribution in [3.8, 4) is 0 Å². The molecule has 4 amide bonds. The minimum absolute atomic E-state index is 0.00926. The van der Waals surface area contributed by atoms with Crippen LogP contribution in [0.2, 0.25) is 0 Å². The largest absolute Gasteiger partial charge is 0.512 e. The number of pyridine rings is 2. The summed E-state index contributed by atoms with van der Waals surface area (Å²) in [6.45, 7) is 98.0. The summed E-state index contributed by atoms with van der Waals surface area (Å²) < 4.78 is 0. The number of hydrogen-bond acceptors (Lipinski definition) is 24. The van der Waals surface area contributed by atoms with Crippen molar-refractivity contribution in [2.75, 3.05) is 6.54 Å². The van der Waals surface area contributed by atoms with Crippen molar-refractivity contribution in [3.63, 3.8) is 0 Å². The number of carbonyl (C=O) groups is 4. The van der Waals surface area contributed by atoms with Crippen molar-refractivity contribution < 1.29 is 29.4 Å². The Morgan fingerprint density at radius 2 is 0.770 bits per heavy atom. The number of aliphatic imine (C=N–C) groups is 2. The van der Waals surface area contributed by atoms with Crippen LogP contribution in [0.5, 0.6) is 0 Å². The summed E-state index contributed by atoms with van der Waals surface area (Å²) in [5.74, 6) is 12.8. The van der Waals surface area contributed by atoms with Crippen molar-refractivity contribution in [3.05, 3.63) is 135 Å². The van der Waals surface area contributed by atoms with Gasteiger partial charge in [-0.3, -0.25) is 38.8 Å². The lowest BCUT2D eigenvalue weighted by atomic mass is 9.98. The Bertz CT molecular complexity index is 3800. The molecule has 8 heterocycles. The molecule has 0 bridgehead atoms. The van der Waals surface area contributed by atoms with Crippen molar-refractivity contribution in [2.24, 2.45) is 125 Å². The number of aromatic amines is 7. The number of tetrazole rings is 3. The van der Waals surface area contributed by atoms with Crippen molar-refractivity contribution >= 4 is 41.0 Å². The van der Waals surface area contributed by atoms with E-state index in [4.69, 9.17) is 28.0 Å². The minimum atomic E-state index is -0.241. The molecule has 8 rings (SSSR count). The van der Waals surface area contributed by atoms with E-state index in [0.717, 1.165) is 58.9 Å². The minimum Gasteiger partial charge on any atom is -0.512 e. The molecule has 0 radical (unpaired) electrons. The number of imidazole rings is 2. The number of allylic oxidation sites excluding steroid dienone is 2. The number of H-pyrrole nitrogens is 7. The molecule has 0 fully saturated rings. The Balaban J connectivity index is -0.000000159. The molecule has 7 aromatic rings. The highest BCUT2D eigenvalue weighted by molar-refractivity contribution is 5.88. The molecule has 0 saturated carbocycles. The van der Waals surface area contributed by atoms with Crippen molar-refractivity contribution in [2.45, 2.75) is 405 Å². The molecule has 7 aromatic heterocycles. The highest BCUT2D eigenvalue weighted by atomic mass is 16.3. The second-order valence-corrected chi connectivity index (χ2v) is 40.3. The highest BCUT2D eigenvalue weighted by Crippen LogP contribution is 2.17. The lowest BCUT2D eigenvalue weighted by Crippen LogP contribution is -2.33. The van der Waals surface area contributed by atoms with E-state index >= 15 is 0 Å². The molecule has 139 heavy (non-hydrogen) atoms. The molecule has 0 spiro atoms. The predicted molar refractivity (Wildman–Crippen MR) is 580 cm³/mol. The second kappa shape index (κ2) is 92.2. The van der Waals surface area contributed by atoms with Crippen molar-refractivity contribution in [1.82, 2.24) is 102 Å². The summed E-state index contributed by atoms with van der Waals surface area (Å²) in [6.07, 6.45) is 11.4. The van der Waals surface area contributed by atoms with Gasteiger partial charge in [-0.15, -0.1) is 35.7 Å². The van der Waals surface area contributed by atoms with Gasteiger partial charge in [0.1, 0.15) is 12.4 Å². The van der Waals surface area contributed by atoms with E-state index in [0.29, 0.717) is 95.4 Å². The van der Waals surface area contributed by atoms with Gasteiger partial charge in [0.25, 0.3) is 0 Å². The molecule has 0 aliphatic carbocycles. The summed E-state index contributed by atoms with van der Waals surface area (Å²) in [6, 6.07) is 11.0. The van der Waals surface area contributed by atoms with Gasteiger partial charge in [-0.1, -0.05) is 305 Å². The average Bonchev–Trinajstić information content (AvgIpc) is 1.75. The fourth-order valence-electron chi connectivity index (χ4n) is 7.13. The molecule has 1 unspecified atom stereocenters. The number of amides is 4. The van der Waals surface area contributed by atoms with Crippen LogP contribution >= 0.6 is 0 Å². The monoisotopic (exact) mass is 1960 g/mol. The van der Waals surface area contributed by atoms with Crippen LogP contribution in [-0.2, 0) is 19.2 Å². The number of nitrogens with one attached hydrogen (secondary N) is 9. The number of nitrogens with zero attached hydrogens (tertiary/aromatic N) is 16. The van der Waals surface area contributed by atoms with E-state index in [1.165, 1.54) is 23.5 Å². The first-order chi connectivity index (χ1) is 63.9. The number of nitrogens with two attached hydrogens (primary N) is 4. The molecule has 1 atom stereocenters.